The number of anilines is 1. The van der Waals surface area contributed by atoms with Crippen LogP contribution in [0.25, 0.3) is 11.0 Å². The van der Waals surface area contributed by atoms with Gasteiger partial charge in [0.25, 0.3) is 0 Å². The molecule has 0 unspecified atom stereocenters. The van der Waals surface area contributed by atoms with E-state index in [2.05, 4.69) is 26.1 Å². The van der Waals surface area contributed by atoms with Gasteiger partial charge in [-0.05, 0) is 12.0 Å². The largest absolute Gasteiger partial charge is 0.466 e. The lowest BCUT2D eigenvalue weighted by atomic mass is 10.1. The van der Waals surface area contributed by atoms with Crippen LogP contribution in [0.15, 0.2) is 12.5 Å². The Balaban J connectivity index is 0.000000399. The van der Waals surface area contributed by atoms with Crippen molar-refractivity contribution in [3.63, 3.8) is 0 Å². The first-order valence-corrected chi connectivity index (χ1v) is 10.4. The molecule has 25 heavy (non-hydrogen) atoms. The molecule has 0 spiro atoms. The SMILES string of the molecule is CSC[C@H]1CN(Cc2c[nH]c3c(N)ncnc23)C[C@@H]1O.O=P(O)(O)O. The van der Waals surface area contributed by atoms with Crippen molar-refractivity contribution < 1.29 is 24.4 Å². The molecule has 12 heteroatoms. The number of H-pyrrole nitrogens is 1. The van der Waals surface area contributed by atoms with Crippen molar-refractivity contribution in [3.05, 3.63) is 18.1 Å². The lowest BCUT2D eigenvalue weighted by Gasteiger charge is -2.14. The van der Waals surface area contributed by atoms with Crippen molar-refractivity contribution in [1.29, 1.82) is 0 Å². The molecule has 140 valence electrons. The predicted octanol–water partition coefficient (Wildman–Crippen LogP) is -0.233. The summed E-state index contributed by atoms with van der Waals surface area (Å²) in [6.45, 7) is 2.42. The summed E-state index contributed by atoms with van der Waals surface area (Å²) in [6.07, 6.45) is 5.27. The van der Waals surface area contributed by atoms with Gasteiger partial charge in [-0.2, -0.15) is 11.8 Å². The number of fused-ring (bicyclic) bond motifs is 1. The molecule has 1 aliphatic rings. The summed E-state index contributed by atoms with van der Waals surface area (Å²) in [4.78, 5) is 35.3. The van der Waals surface area contributed by atoms with Gasteiger partial charge in [-0.1, -0.05) is 0 Å². The number of rotatable bonds is 4. The molecule has 0 saturated carbocycles. The Bertz CT molecular complexity index is 745. The summed E-state index contributed by atoms with van der Waals surface area (Å²) in [6, 6.07) is 0. The van der Waals surface area contributed by atoms with Crippen LogP contribution in [0.5, 0.6) is 0 Å². The highest BCUT2D eigenvalue weighted by molar-refractivity contribution is 7.98. The Labute approximate surface area is 148 Å². The highest BCUT2D eigenvalue weighted by atomic mass is 32.2. The van der Waals surface area contributed by atoms with Crippen LogP contribution >= 0.6 is 19.6 Å². The third kappa shape index (κ3) is 5.93. The molecular formula is C13H22N5O5PS. The minimum atomic E-state index is -4.64. The number of aliphatic hydroxyl groups is 1. The van der Waals surface area contributed by atoms with Crippen molar-refractivity contribution in [2.75, 3.05) is 30.8 Å². The normalized spacial score (nSPS) is 21.3. The highest BCUT2D eigenvalue weighted by Gasteiger charge is 2.31. The Morgan fingerprint density at radius 1 is 1.40 bits per heavy atom. The molecule has 0 bridgehead atoms. The van der Waals surface area contributed by atoms with E-state index in [0.717, 1.165) is 42.0 Å². The van der Waals surface area contributed by atoms with Gasteiger partial charge in [0.1, 0.15) is 11.8 Å². The molecule has 3 heterocycles. The Hall–Kier alpha value is -1.20. The van der Waals surface area contributed by atoms with Crippen LogP contribution in [0.3, 0.4) is 0 Å². The second kappa shape index (κ2) is 8.45. The van der Waals surface area contributed by atoms with Gasteiger partial charge in [0.15, 0.2) is 5.82 Å². The first-order valence-electron chi connectivity index (χ1n) is 7.43. The smallest absolute Gasteiger partial charge is 0.391 e. The molecule has 0 aromatic carbocycles. The van der Waals surface area contributed by atoms with Gasteiger partial charge in [0, 0.05) is 37.3 Å². The van der Waals surface area contributed by atoms with Crippen LogP contribution in [0.2, 0.25) is 0 Å². The van der Waals surface area contributed by atoms with Gasteiger partial charge in [0.2, 0.25) is 0 Å². The average molecular weight is 391 g/mol. The molecule has 0 radical (unpaired) electrons. The zero-order valence-corrected chi connectivity index (χ0v) is 15.3. The minimum absolute atomic E-state index is 0.229. The van der Waals surface area contributed by atoms with Crippen LogP contribution in [0.1, 0.15) is 5.56 Å². The quantitative estimate of drug-likeness (QED) is 0.383. The summed E-state index contributed by atoms with van der Waals surface area (Å²) in [5, 5.41) is 10.1. The molecule has 2 aromatic rings. The van der Waals surface area contributed by atoms with Crippen LogP contribution in [-0.4, -0.2) is 70.8 Å². The second-order valence-electron chi connectivity index (χ2n) is 5.79. The van der Waals surface area contributed by atoms with E-state index in [1.54, 1.807) is 11.8 Å². The molecule has 0 aliphatic carbocycles. The Morgan fingerprint density at radius 3 is 2.72 bits per heavy atom. The molecule has 1 saturated heterocycles. The van der Waals surface area contributed by atoms with E-state index in [9.17, 15) is 5.11 Å². The van der Waals surface area contributed by atoms with E-state index in [4.69, 9.17) is 25.0 Å². The maximum atomic E-state index is 10.1. The van der Waals surface area contributed by atoms with E-state index in [0.29, 0.717) is 11.7 Å². The number of nitrogens with zero attached hydrogens (tertiary/aromatic N) is 3. The van der Waals surface area contributed by atoms with Crippen LogP contribution in [0, 0.1) is 5.92 Å². The molecule has 3 rings (SSSR count). The number of hydrogen-bond donors (Lipinski definition) is 6. The fourth-order valence-electron chi connectivity index (χ4n) is 2.82. The number of nitrogens with one attached hydrogen (secondary N) is 1. The van der Waals surface area contributed by atoms with E-state index < -0.39 is 7.82 Å². The predicted molar refractivity (Wildman–Crippen MR) is 95.7 cm³/mol. The van der Waals surface area contributed by atoms with Crippen LogP contribution in [-0.2, 0) is 11.1 Å². The molecule has 7 N–H and O–H groups in total. The van der Waals surface area contributed by atoms with Gasteiger partial charge in [-0.15, -0.1) is 0 Å². The number of likely N-dealkylation sites (tertiary alicyclic amines) is 1. The van der Waals surface area contributed by atoms with Crippen LogP contribution < -0.4 is 5.73 Å². The lowest BCUT2D eigenvalue weighted by Crippen LogP contribution is -2.21. The maximum Gasteiger partial charge on any atom is 0.466 e. The average Bonchev–Trinajstić information content (AvgIpc) is 3.04. The molecule has 10 nitrogen and oxygen atoms in total. The Morgan fingerprint density at radius 2 is 2.08 bits per heavy atom. The summed E-state index contributed by atoms with van der Waals surface area (Å²) in [5.41, 5.74) is 8.60. The summed E-state index contributed by atoms with van der Waals surface area (Å²) in [7, 11) is -4.64. The molecule has 1 fully saturated rings. The maximum absolute atomic E-state index is 10.1. The minimum Gasteiger partial charge on any atom is -0.391 e. The van der Waals surface area contributed by atoms with Crippen molar-refractivity contribution >= 4 is 36.4 Å². The van der Waals surface area contributed by atoms with Gasteiger partial charge in [-0.25, -0.2) is 14.5 Å². The monoisotopic (exact) mass is 391 g/mol. The fraction of sp³-hybridized carbons (Fsp3) is 0.538. The van der Waals surface area contributed by atoms with E-state index >= 15 is 0 Å². The highest BCUT2D eigenvalue weighted by Crippen LogP contribution is 2.26. The molecule has 2 atom stereocenters. The first-order chi connectivity index (χ1) is 11.7. The van der Waals surface area contributed by atoms with E-state index in [1.807, 2.05) is 6.20 Å². The van der Waals surface area contributed by atoms with Gasteiger partial charge < -0.3 is 30.5 Å². The lowest BCUT2D eigenvalue weighted by molar-refractivity contribution is 0.149. The summed E-state index contributed by atoms with van der Waals surface area (Å²) < 4.78 is 8.88. The summed E-state index contributed by atoms with van der Waals surface area (Å²) in [5.74, 6) is 1.83. The molecule has 1 aliphatic heterocycles. The zero-order chi connectivity index (χ0) is 18.6. The second-order valence-corrected chi connectivity index (χ2v) is 7.72. The number of aromatic amines is 1. The molecule has 0 amide bonds. The Kier molecular flexibility index (Phi) is 6.80. The van der Waals surface area contributed by atoms with Crippen molar-refractivity contribution in [2.24, 2.45) is 5.92 Å². The number of hydrogen-bond acceptors (Lipinski definition) is 7. The number of aliphatic hydroxyl groups excluding tert-OH is 1. The van der Waals surface area contributed by atoms with E-state index in [-0.39, 0.29) is 6.10 Å². The van der Waals surface area contributed by atoms with Crippen molar-refractivity contribution in [1.82, 2.24) is 19.9 Å². The number of aromatic nitrogens is 3. The van der Waals surface area contributed by atoms with E-state index in [1.165, 1.54) is 6.33 Å². The van der Waals surface area contributed by atoms with Gasteiger partial charge in [-0.3, -0.25) is 4.90 Å². The van der Waals surface area contributed by atoms with Crippen molar-refractivity contribution in [3.8, 4) is 0 Å². The number of nitrogen functional groups attached to an aromatic ring is 1. The first kappa shape index (κ1) is 20.1. The third-order valence-electron chi connectivity index (χ3n) is 3.83. The number of nitrogens with two attached hydrogens (primary N) is 1. The van der Waals surface area contributed by atoms with Gasteiger partial charge >= 0.3 is 7.82 Å². The van der Waals surface area contributed by atoms with Crippen LogP contribution in [0.4, 0.5) is 5.82 Å². The van der Waals surface area contributed by atoms with Crippen molar-refractivity contribution in [2.45, 2.75) is 12.6 Å². The topological polar surface area (TPSA) is 169 Å². The number of phosphoric acid groups is 1. The van der Waals surface area contributed by atoms with Gasteiger partial charge in [0.05, 0.1) is 11.6 Å². The molecular weight excluding hydrogens is 369 g/mol. The fourth-order valence-corrected chi connectivity index (χ4v) is 3.58. The number of β-amino-alcohol motifs (C(OH)–C–C–N with tert-alkyl or cyclic N) is 1. The molecule has 2 aromatic heterocycles. The summed E-state index contributed by atoms with van der Waals surface area (Å²) >= 11 is 1.79. The zero-order valence-electron chi connectivity index (χ0n) is 13.6. The standard InChI is InChI=1S/C13H19N5OS.H3O4P/c1-20-6-9-4-18(5-10(9)19)3-8-2-15-12-11(8)16-7-17-13(12)14;1-5(2,3)4/h2,7,9-10,15,19H,3-6H2,1H3,(H2,14,16,17);(H3,1,2,3,4)/t9-,10+;/m1./s1. The number of thioether (sulfide) groups is 1. The third-order valence-corrected chi connectivity index (χ3v) is 4.59.